The first-order valence-corrected chi connectivity index (χ1v) is 6.67. The fraction of sp³-hybridized carbons (Fsp3) is 0.500. The fourth-order valence-electron chi connectivity index (χ4n) is 1.70. The number of hydrogen-bond acceptors (Lipinski definition) is 3. The van der Waals surface area contributed by atoms with Crippen LogP contribution in [0.15, 0.2) is 24.3 Å². The van der Waals surface area contributed by atoms with Gasteiger partial charge in [-0.3, -0.25) is 4.79 Å². The quantitative estimate of drug-likeness (QED) is 0.844. The van der Waals surface area contributed by atoms with Crippen LogP contribution in [0, 0.1) is 0 Å². The molecule has 0 aliphatic rings. The molecule has 1 rings (SSSR count). The Bertz CT molecular complexity index is 406. The summed E-state index contributed by atoms with van der Waals surface area (Å²) >= 11 is 5.77. The Morgan fingerprint density at radius 1 is 1.32 bits per heavy atom. The molecule has 0 bridgehead atoms. The largest absolute Gasteiger partial charge is 0.481 e. The molecule has 0 radical (unpaired) electrons. The highest BCUT2D eigenvalue weighted by atomic mass is 35.5. The summed E-state index contributed by atoms with van der Waals surface area (Å²) in [5.41, 5.74) is 0. The molecule has 0 aromatic heterocycles. The number of aliphatic hydroxyl groups is 1. The van der Waals surface area contributed by atoms with E-state index in [0.29, 0.717) is 17.2 Å². The van der Waals surface area contributed by atoms with Crippen LogP contribution in [0.4, 0.5) is 0 Å². The van der Waals surface area contributed by atoms with Crippen LogP contribution in [-0.4, -0.2) is 29.3 Å². The predicted octanol–water partition coefficient (Wildman–Crippen LogP) is 2.38. The van der Waals surface area contributed by atoms with Crippen LogP contribution in [0.3, 0.4) is 0 Å². The second-order valence-corrected chi connectivity index (χ2v) is 5.14. The van der Waals surface area contributed by atoms with Crippen molar-refractivity contribution in [1.29, 1.82) is 0 Å². The summed E-state index contributed by atoms with van der Waals surface area (Å²) in [4.78, 5) is 11.9. The first-order chi connectivity index (χ1) is 8.88. The molecule has 3 atom stereocenters. The van der Waals surface area contributed by atoms with Crippen LogP contribution in [-0.2, 0) is 4.79 Å². The van der Waals surface area contributed by atoms with Gasteiger partial charge in [-0.25, -0.2) is 0 Å². The van der Waals surface area contributed by atoms with Crippen molar-refractivity contribution >= 4 is 17.5 Å². The molecule has 0 spiro atoms. The second-order valence-electron chi connectivity index (χ2n) is 4.71. The van der Waals surface area contributed by atoms with Crippen molar-refractivity contribution in [2.75, 3.05) is 0 Å². The molecule has 2 N–H and O–H groups in total. The van der Waals surface area contributed by atoms with E-state index in [0.717, 1.165) is 0 Å². The summed E-state index contributed by atoms with van der Waals surface area (Å²) in [5.74, 6) is 0.387. The molecule has 3 unspecified atom stereocenters. The Morgan fingerprint density at radius 3 is 2.42 bits per heavy atom. The van der Waals surface area contributed by atoms with Crippen LogP contribution in [0.25, 0.3) is 0 Å². The monoisotopic (exact) mass is 285 g/mol. The number of halogens is 1. The average Bonchev–Trinajstić information content (AvgIpc) is 2.30. The molecule has 19 heavy (non-hydrogen) atoms. The lowest BCUT2D eigenvalue weighted by atomic mass is 10.1. The molecule has 0 saturated carbocycles. The summed E-state index contributed by atoms with van der Waals surface area (Å²) in [7, 11) is 0. The zero-order valence-electron chi connectivity index (χ0n) is 11.4. The number of hydrogen-bond donors (Lipinski definition) is 2. The van der Waals surface area contributed by atoms with Gasteiger partial charge in [0.15, 0.2) is 6.10 Å². The van der Waals surface area contributed by atoms with Crippen LogP contribution in [0.5, 0.6) is 5.75 Å². The molecule has 1 aromatic rings. The fourth-order valence-corrected chi connectivity index (χ4v) is 1.83. The Labute approximate surface area is 118 Å². The van der Waals surface area contributed by atoms with Crippen LogP contribution >= 0.6 is 11.6 Å². The van der Waals surface area contributed by atoms with E-state index < -0.39 is 12.2 Å². The lowest BCUT2D eigenvalue weighted by molar-refractivity contribution is -0.128. The van der Waals surface area contributed by atoms with E-state index >= 15 is 0 Å². The van der Waals surface area contributed by atoms with Gasteiger partial charge in [-0.15, -0.1) is 0 Å². The van der Waals surface area contributed by atoms with Gasteiger partial charge in [0.05, 0.1) is 6.10 Å². The van der Waals surface area contributed by atoms with Gasteiger partial charge < -0.3 is 15.2 Å². The topological polar surface area (TPSA) is 58.6 Å². The summed E-state index contributed by atoms with van der Waals surface area (Å²) in [6, 6.07) is 6.75. The van der Waals surface area contributed by atoms with Gasteiger partial charge >= 0.3 is 0 Å². The summed E-state index contributed by atoms with van der Waals surface area (Å²) in [6.45, 7) is 5.22. The maximum Gasteiger partial charge on any atom is 0.260 e. The summed E-state index contributed by atoms with van der Waals surface area (Å²) in [5, 5.41) is 12.7. The van der Waals surface area contributed by atoms with Gasteiger partial charge in [0.1, 0.15) is 5.75 Å². The predicted molar refractivity (Wildman–Crippen MR) is 75.4 cm³/mol. The molecule has 0 aliphatic heterocycles. The van der Waals surface area contributed by atoms with E-state index in [-0.39, 0.29) is 11.9 Å². The minimum Gasteiger partial charge on any atom is -0.481 e. The van der Waals surface area contributed by atoms with Crippen molar-refractivity contribution in [1.82, 2.24) is 5.32 Å². The van der Waals surface area contributed by atoms with E-state index in [2.05, 4.69) is 5.32 Å². The van der Waals surface area contributed by atoms with Gasteiger partial charge in [0, 0.05) is 11.1 Å². The van der Waals surface area contributed by atoms with Crippen molar-refractivity contribution in [2.45, 2.75) is 45.4 Å². The zero-order chi connectivity index (χ0) is 14.4. The number of benzene rings is 1. The maximum atomic E-state index is 11.9. The van der Waals surface area contributed by atoms with Crippen LogP contribution in [0.1, 0.15) is 27.2 Å². The second kappa shape index (κ2) is 7.36. The number of amides is 1. The van der Waals surface area contributed by atoms with Gasteiger partial charge in [-0.05, 0) is 51.5 Å². The molecule has 0 fully saturated rings. The highest BCUT2D eigenvalue weighted by Crippen LogP contribution is 2.16. The van der Waals surface area contributed by atoms with E-state index in [1.807, 2.05) is 6.92 Å². The highest BCUT2D eigenvalue weighted by Gasteiger charge is 2.17. The molecule has 0 heterocycles. The third kappa shape index (κ3) is 5.94. The Hall–Kier alpha value is -1.26. The molecule has 0 saturated heterocycles. The standard InChI is InChI=1S/C14H20ClNO3/c1-9(8-10(2)17)16-14(18)11(3)19-13-6-4-12(15)5-7-13/h4-7,9-11,17H,8H2,1-3H3,(H,16,18). The number of carbonyl (C=O) groups is 1. The third-order valence-corrected chi connectivity index (χ3v) is 2.83. The number of rotatable bonds is 6. The van der Waals surface area contributed by atoms with Crippen molar-refractivity contribution in [3.8, 4) is 5.75 Å². The molecular formula is C14H20ClNO3. The number of nitrogens with one attached hydrogen (secondary N) is 1. The van der Waals surface area contributed by atoms with Gasteiger partial charge in [0.25, 0.3) is 5.91 Å². The van der Waals surface area contributed by atoms with E-state index in [1.165, 1.54) is 0 Å². The molecule has 1 amide bonds. The molecule has 5 heteroatoms. The van der Waals surface area contributed by atoms with Crippen molar-refractivity contribution in [3.63, 3.8) is 0 Å². The van der Waals surface area contributed by atoms with E-state index in [9.17, 15) is 9.90 Å². The minimum atomic E-state index is -0.599. The lowest BCUT2D eigenvalue weighted by Crippen LogP contribution is -2.42. The molecule has 106 valence electrons. The van der Waals surface area contributed by atoms with E-state index in [4.69, 9.17) is 16.3 Å². The van der Waals surface area contributed by atoms with Crippen LogP contribution < -0.4 is 10.1 Å². The summed E-state index contributed by atoms with van der Waals surface area (Å²) < 4.78 is 5.50. The molecular weight excluding hydrogens is 266 g/mol. The summed E-state index contributed by atoms with van der Waals surface area (Å²) in [6.07, 6.45) is -0.528. The Morgan fingerprint density at radius 2 is 1.89 bits per heavy atom. The SMILES string of the molecule is CC(O)CC(C)NC(=O)C(C)Oc1ccc(Cl)cc1. The normalized spacial score (nSPS) is 15.4. The number of carbonyl (C=O) groups excluding carboxylic acids is 1. The number of ether oxygens (including phenoxy) is 1. The Kier molecular flexibility index (Phi) is 6.12. The first kappa shape index (κ1) is 15.8. The zero-order valence-corrected chi connectivity index (χ0v) is 12.1. The van der Waals surface area contributed by atoms with Gasteiger partial charge in [-0.2, -0.15) is 0 Å². The maximum absolute atomic E-state index is 11.9. The molecule has 1 aromatic carbocycles. The van der Waals surface area contributed by atoms with E-state index in [1.54, 1.807) is 38.1 Å². The van der Waals surface area contributed by atoms with Gasteiger partial charge in [-0.1, -0.05) is 11.6 Å². The van der Waals surface area contributed by atoms with Crippen LogP contribution in [0.2, 0.25) is 5.02 Å². The Balaban J connectivity index is 2.46. The molecule has 4 nitrogen and oxygen atoms in total. The van der Waals surface area contributed by atoms with Gasteiger partial charge in [0.2, 0.25) is 0 Å². The first-order valence-electron chi connectivity index (χ1n) is 6.29. The number of aliphatic hydroxyl groups excluding tert-OH is 1. The smallest absolute Gasteiger partial charge is 0.260 e. The van der Waals surface area contributed by atoms with Crippen molar-refractivity contribution < 1.29 is 14.6 Å². The highest BCUT2D eigenvalue weighted by molar-refractivity contribution is 6.30. The minimum absolute atomic E-state index is 0.0937. The lowest BCUT2D eigenvalue weighted by Gasteiger charge is -2.19. The van der Waals surface area contributed by atoms with Crippen molar-refractivity contribution in [2.24, 2.45) is 0 Å². The van der Waals surface area contributed by atoms with Crippen molar-refractivity contribution in [3.05, 3.63) is 29.3 Å². The third-order valence-electron chi connectivity index (χ3n) is 2.58. The molecule has 0 aliphatic carbocycles. The average molecular weight is 286 g/mol.